The third-order valence-electron chi connectivity index (χ3n) is 3.57. The minimum Gasteiger partial charge on any atom is -0.496 e. The molecule has 2 aromatic heterocycles. The summed E-state index contributed by atoms with van der Waals surface area (Å²) in [5, 5.41) is 0. The van der Waals surface area contributed by atoms with Crippen molar-refractivity contribution in [3.63, 3.8) is 0 Å². The van der Waals surface area contributed by atoms with Crippen LogP contribution in [0.25, 0.3) is 5.52 Å². The number of benzene rings is 1. The highest BCUT2D eigenvalue weighted by Gasteiger charge is 2.11. The van der Waals surface area contributed by atoms with Crippen LogP contribution in [0.4, 0.5) is 0 Å². The first-order chi connectivity index (χ1) is 10.7. The smallest absolute Gasteiger partial charge is 0.337 e. The number of para-hydroxylation sites is 1. The van der Waals surface area contributed by atoms with Crippen molar-refractivity contribution in [2.24, 2.45) is 0 Å². The number of carbonyl (C=O) groups is 1. The van der Waals surface area contributed by atoms with E-state index in [1.807, 2.05) is 34.9 Å². The van der Waals surface area contributed by atoms with E-state index in [4.69, 9.17) is 9.47 Å². The van der Waals surface area contributed by atoms with E-state index in [0.29, 0.717) is 12.0 Å². The molecule has 22 heavy (non-hydrogen) atoms. The van der Waals surface area contributed by atoms with Crippen LogP contribution < -0.4 is 4.74 Å². The van der Waals surface area contributed by atoms with Gasteiger partial charge in [0.15, 0.2) is 0 Å². The van der Waals surface area contributed by atoms with Crippen LogP contribution in [0.15, 0.2) is 48.8 Å². The standard InChI is InChI=1S/C17H16N2O3/c1-21-15-6-4-3-5-12(15)10-16-18-11-14-9-13(17(20)22-2)7-8-19(14)16/h3-9,11H,10H2,1-2H3. The number of ether oxygens (including phenoxy) is 2. The summed E-state index contributed by atoms with van der Waals surface area (Å²) in [6.07, 6.45) is 4.23. The van der Waals surface area contributed by atoms with Gasteiger partial charge in [0.2, 0.25) is 0 Å². The second kappa shape index (κ2) is 5.89. The van der Waals surface area contributed by atoms with Gasteiger partial charge in [-0.3, -0.25) is 0 Å². The Bertz CT molecular complexity index is 824. The second-order valence-electron chi connectivity index (χ2n) is 4.86. The summed E-state index contributed by atoms with van der Waals surface area (Å²) in [7, 11) is 3.03. The molecule has 3 aromatic rings. The van der Waals surface area contributed by atoms with Crippen LogP contribution in [0.3, 0.4) is 0 Å². The average Bonchev–Trinajstić information content (AvgIpc) is 2.97. The highest BCUT2D eigenvalue weighted by atomic mass is 16.5. The van der Waals surface area contributed by atoms with Gasteiger partial charge in [0.25, 0.3) is 0 Å². The van der Waals surface area contributed by atoms with Gasteiger partial charge in [0.05, 0.1) is 31.5 Å². The maximum Gasteiger partial charge on any atom is 0.337 e. The molecule has 5 heteroatoms. The number of imidazole rings is 1. The number of pyridine rings is 1. The zero-order valence-corrected chi connectivity index (χ0v) is 12.4. The second-order valence-corrected chi connectivity index (χ2v) is 4.86. The molecular weight excluding hydrogens is 280 g/mol. The molecule has 2 heterocycles. The molecule has 0 aliphatic rings. The Morgan fingerprint density at radius 3 is 2.82 bits per heavy atom. The van der Waals surface area contributed by atoms with Crippen LogP contribution in [0.5, 0.6) is 5.75 Å². The molecule has 0 N–H and O–H groups in total. The monoisotopic (exact) mass is 296 g/mol. The summed E-state index contributed by atoms with van der Waals surface area (Å²) in [5.41, 5.74) is 2.43. The molecule has 0 aliphatic heterocycles. The van der Waals surface area contributed by atoms with Crippen LogP contribution in [0, 0.1) is 0 Å². The van der Waals surface area contributed by atoms with Crippen molar-refractivity contribution in [2.45, 2.75) is 6.42 Å². The average molecular weight is 296 g/mol. The molecule has 0 spiro atoms. The summed E-state index contributed by atoms with van der Waals surface area (Å²) < 4.78 is 12.1. The third-order valence-corrected chi connectivity index (χ3v) is 3.57. The molecule has 3 rings (SSSR count). The zero-order valence-electron chi connectivity index (χ0n) is 12.4. The summed E-state index contributed by atoms with van der Waals surface area (Å²) in [6, 6.07) is 11.4. The lowest BCUT2D eigenvalue weighted by atomic mass is 10.1. The minimum absolute atomic E-state index is 0.352. The fourth-order valence-electron chi connectivity index (χ4n) is 2.45. The van der Waals surface area contributed by atoms with E-state index in [-0.39, 0.29) is 5.97 Å². The van der Waals surface area contributed by atoms with Crippen LogP contribution in [0.1, 0.15) is 21.7 Å². The number of nitrogens with zero attached hydrogens (tertiary/aromatic N) is 2. The number of esters is 1. The molecule has 112 valence electrons. The molecule has 0 atom stereocenters. The molecule has 0 fully saturated rings. The van der Waals surface area contributed by atoms with Gasteiger partial charge in [-0.15, -0.1) is 0 Å². The van der Waals surface area contributed by atoms with Crippen molar-refractivity contribution in [1.82, 2.24) is 9.38 Å². The highest BCUT2D eigenvalue weighted by molar-refractivity contribution is 5.90. The highest BCUT2D eigenvalue weighted by Crippen LogP contribution is 2.21. The number of methoxy groups -OCH3 is 2. The first-order valence-electron chi connectivity index (χ1n) is 6.89. The summed E-state index contributed by atoms with van der Waals surface area (Å²) in [4.78, 5) is 16.0. The number of carbonyl (C=O) groups excluding carboxylic acids is 1. The van der Waals surface area contributed by atoms with Crippen molar-refractivity contribution < 1.29 is 14.3 Å². The summed E-state index contributed by atoms with van der Waals surface area (Å²) >= 11 is 0. The van der Waals surface area contributed by atoms with Gasteiger partial charge in [0.1, 0.15) is 11.6 Å². The molecule has 5 nitrogen and oxygen atoms in total. The quantitative estimate of drug-likeness (QED) is 0.695. The predicted octanol–water partition coefficient (Wildman–Crippen LogP) is 2.72. The van der Waals surface area contributed by atoms with Gasteiger partial charge in [0, 0.05) is 18.2 Å². The Hall–Kier alpha value is -2.82. The van der Waals surface area contributed by atoms with Crippen molar-refractivity contribution in [1.29, 1.82) is 0 Å². The molecule has 0 amide bonds. The topological polar surface area (TPSA) is 52.8 Å². The summed E-state index contributed by atoms with van der Waals surface area (Å²) in [5.74, 6) is 1.37. The van der Waals surface area contributed by atoms with E-state index in [2.05, 4.69) is 4.98 Å². The van der Waals surface area contributed by atoms with E-state index >= 15 is 0 Å². The van der Waals surface area contributed by atoms with E-state index in [1.165, 1.54) is 7.11 Å². The molecule has 0 bridgehead atoms. The maximum atomic E-state index is 11.6. The van der Waals surface area contributed by atoms with Gasteiger partial charge >= 0.3 is 5.97 Å². The summed E-state index contributed by atoms with van der Waals surface area (Å²) in [6.45, 7) is 0. The number of fused-ring (bicyclic) bond motifs is 1. The van der Waals surface area contributed by atoms with Crippen LogP contribution in [0.2, 0.25) is 0 Å². The molecule has 0 radical (unpaired) electrons. The number of rotatable bonds is 4. The minimum atomic E-state index is -0.352. The lowest BCUT2D eigenvalue weighted by molar-refractivity contribution is 0.0600. The van der Waals surface area contributed by atoms with Gasteiger partial charge in [-0.05, 0) is 18.2 Å². The Balaban J connectivity index is 1.97. The number of hydrogen-bond acceptors (Lipinski definition) is 4. The Morgan fingerprint density at radius 1 is 1.23 bits per heavy atom. The van der Waals surface area contributed by atoms with Gasteiger partial charge in [-0.1, -0.05) is 18.2 Å². The largest absolute Gasteiger partial charge is 0.496 e. The molecule has 0 saturated heterocycles. The van der Waals surface area contributed by atoms with Crippen LogP contribution >= 0.6 is 0 Å². The third kappa shape index (κ3) is 2.53. The van der Waals surface area contributed by atoms with E-state index in [9.17, 15) is 4.79 Å². The zero-order chi connectivity index (χ0) is 15.5. The first-order valence-corrected chi connectivity index (χ1v) is 6.89. The fraction of sp³-hybridized carbons (Fsp3) is 0.176. The molecular formula is C17H16N2O3. The Labute approximate surface area is 128 Å². The van der Waals surface area contributed by atoms with Crippen LogP contribution in [-0.4, -0.2) is 29.6 Å². The lowest BCUT2D eigenvalue weighted by Gasteiger charge is -2.08. The van der Waals surface area contributed by atoms with E-state index < -0.39 is 0 Å². The van der Waals surface area contributed by atoms with Gasteiger partial charge < -0.3 is 13.9 Å². The van der Waals surface area contributed by atoms with Crippen molar-refractivity contribution in [3.8, 4) is 5.75 Å². The maximum absolute atomic E-state index is 11.6. The lowest BCUT2D eigenvalue weighted by Crippen LogP contribution is -2.03. The van der Waals surface area contributed by atoms with E-state index in [1.54, 1.807) is 25.4 Å². The number of hydrogen-bond donors (Lipinski definition) is 0. The number of aromatic nitrogens is 2. The Kier molecular flexibility index (Phi) is 3.78. The SMILES string of the molecule is COC(=O)c1ccn2c(Cc3ccccc3OC)ncc2c1. The molecule has 0 saturated carbocycles. The molecule has 0 aliphatic carbocycles. The normalized spacial score (nSPS) is 10.6. The van der Waals surface area contributed by atoms with Gasteiger partial charge in [-0.2, -0.15) is 0 Å². The van der Waals surface area contributed by atoms with E-state index in [0.717, 1.165) is 22.7 Å². The van der Waals surface area contributed by atoms with Crippen molar-refractivity contribution >= 4 is 11.5 Å². The van der Waals surface area contributed by atoms with Crippen molar-refractivity contribution in [3.05, 3.63) is 65.7 Å². The Morgan fingerprint density at radius 2 is 2.05 bits per heavy atom. The van der Waals surface area contributed by atoms with Crippen molar-refractivity contribution in [2.75, 3.05) is 14.2 Å². The van der Waals surface area contributed by atoms with Gasteiger partial charge in [-0.25, -0.2) is 9.78 Å². The molecule has 0 unspecified atom stereocenters. The van der Waals surface area contributed by atoms with Crippen LogP contribution in [-0.2, 0) is 11.2 Å². The molecule has 1 aromatic carbocycles. The first kappa shape index (κ1) is 14.1. The predicted molar refractivity (Wildman–Crippen MR) is 82.3 cm³/mol. The fourth-order valence-corrected chi connectivity index (χ4v) is 2.45.